The zero-order valence-corrected chi connectivity index (χ0v) is 15.2. The van der Waals surface area contributed by atoms with Crippen molar-refractivity contribution < 1.29 is 19.0 Å². The molecule has 0 aromatic heterocycles. The van der Waals surface area contributed by atoms with Gasteiger partial charge in [0.2, 0.25) is 12.7 Å². The Hall–Kier alpha value is -3.67. The van der Waals surface area contributed by atoms with Gasteiger partial charge < -0.3 is 24.8 Å². The van der Waals surface area contributed by atoms with Crippen molar-refractivity contribution in [3.63, 3.8) is 0 Å². The topological polar surface area (TPSA) is 68.8 Å². The molecule has 3 aromatic rings. The highest BCUT2D eigenvalue weighted by atomic mass is 16.7. The van der Waals surface area contributed by atoms with E-state index in [4.69, 9.17) is 14.2 Å². The van der Waals surface area contributed by atoms with E-state index in [0.29, 0.717) is 18.0 Å². The Morgan fingerprint density at radius 2 is 1.71 bits per heavy atom. The number of fused-ring (bicyclic) bond motifs is 1. The molecule has 0 fully saturated rings. The molecule has 0 bridgehead atoms. The summed E-state index contributed by atoms with van der Waals surface area (Å²) in [5.41, 5.74) is 1.70. The van der Waals surface area contributed by atoms with Gasteiger partial charge in [-0.3, -0.25) is 4.79 Å². The van der Waals surface area contributed by atoms with E-state index in [9.17, 15) is 4.79 Å². The van der Waals surface area contributed by atoms with Crippen molar-refractivity contribution in [1.82, 2.24) is 5.32 Å². The Bertz CT molecular complexity index is 960. The van der Waals surface area contributed by atoms with E-state index in [1.165, 1.54) is 0 Å². The van der Waals surface area contributed by atoms with E-state index in [1.807, 2.05) is 72.8 Å². The highest BCUT2D eigenvalue weighted by molar-refractivity contribution is 5.81. The maximum atomic E-state index is 12.2. The summed E-state index contributed by atoms with van der Waals surface area (Å²) >= 11 is 0. The summed E-state index contributed by atoms with van der Waals surface area (Å²) in [6, 6.07) is 22.7. The van der Waals surface area contributed by atoms with Gasteiger partial charge in [-0.15, -0.1) is 0 Å². The molecule has 6 heteroatoms. The average molecular weight is 376 g/mol. The van der Waals surface area contributed by atoms with Crippen LogP contribution in [0.5, 0.6) is 23.0 Å². The van der Waals surface area contributed by atoms with Gasteiger partial charge in [-0.2, -0.15) is 0 Å². The minimum atomic E-state index is -0.118. The minimum Gasteiger partial charge on any atom is -0.455 e. The standard InChI is InChI=1S/C22H20N2O4/c25-22(24-13-16-10-11-20-21(12-16)27-15-26-20)14-23-18-8-4-5-9-19(18)28-17-6-2-1-3-7-17/h1-12,23H,13-15H2,(H,24,25). The average Bonchev–Trinajstić information content (AvgIpc) is 3.20. The molecule has 28 heavy (non-hydrogen) atoms. The normalized spacial score (nSPS) is 11.7. The molecule has 1 aliphatic rings. The first-order chi connectivity index (χ1) is 13.8. The summed E-state index contributed by atoms with van der Waals surface area (Å²) in [5, 5.41) is 6.02. The molecule has 1 aliphatic heterocycles. The first kappa shape index (κ1) is 17.7. The van der Waals surface area contributed by atoms with Gasteiger partial charge in [-0.05, 0) is 42.0 Å². The van der Waals surface area contributed by atoms with E-state index < -0.39 is 0 Å². The molecule has 4 rings (SSSR count). The second-order valence-corrected chi connectivity index (χ2v) is 6.23. The fourth-order valence-corrected chi connectivity index (χ4v) is 2.81. The molecule has 2 N–H and O–H groups in total. The van der Waals surface area contributed by atoms with Crippen molar-refractivity contribution in [1.29, 1.82) is 0 Å². The van der Waals surface area contributed by atoms with E-state index in [0.717, 1.165) is 22.7 Å². The number of amides is 1. The lowest BCUT2D eigenvalue weighted by molar-refractivity contribution is -0.119. The second kappa shape index (κ2) is 8.35. The van der Waals surface area contributed by atoms with Gasteiger partial charge in [0.05, 0.1) is 12.2 Å². The molecule has 0 aliphatic carbocycles. The van der Waals surface area contributed by atoms with Gasteiger partial charge in [-0.25, -0.2) is 0 Å². The third kappa shape index (κ3) is 4.35. The quantitative estimate of drug-likeness (QED) is 0.654. The first-order valence-corrected chi connectivity index (χ1v) is 8.99. The molecular weight excluding hydrogens is 356 g/mol. The van der Waals surface area contributed by atoms with E-state index in [2.05, 4.69) is 10.6 Å². The van der Waals surface area contributed by atoms with Crippen molar-refractivity contribution in [2.24, 2.45) is 0 Å². The van der Waals surface area contributed by atoms with Crippen LogP contribution in [0, 0.1) is 0 Å². The Labute approximate surface area is 163 Å². The van der Waals surface area contributed by atoms with Gasteiger partial charge in [0, 0.05) is 6.54 Å². The Balaban J connectivity index is 1.31. The number of hydrogen-bond acceptors (Lipinski definition) is 5. The summed E-state index contributed by atoms with van der Waals surface area (Å²) in [4.78, 5) is 12.2. The molecular formula is C22H20N2O4. The van der Waals surface area contributed by atoms with Crippen LogP contribution in [0.15, 0.2) is 72.8 Å². The maximum absolute atomic E-state index is 12.2. The third-order valence-corrected chi connectivity index (χ3v) is 4.22. The highest BCUT2D eigenvalue weighted by Crippen LogP contribution is 2.32. The van der Waals surface area contributed by atoms with Crippen LogP contribution in [0.25, 0.3) is 0 Å². The molecule has 0 radical (unpaired) electrons. The summed E-state index contributed by atoms with van der Waals surface area (Å²) in [6.07, 6.45) is 0. The molecule has 1 amide bonds. The molecule has 0 spiro atoms. The lowest BCUT2D eigenvalue weighted by Crippen LogP contribution is -2.29. The molecule has 1 heterocycles. The van der Waals surface area contributed by atoms with Crippen LogP contribution in [0.4, 0.5) is 5.69 Å². The minimum absolute atomic E-state index is 0.118. The number of anilines is 1. The molecule has 6 nitrogen and oxygen atoms in total. The van der Waals surface area contributed by atoms with Gasteiger partial charge in [0.25, 0.3) is 0 Å². The fraction of sp³-hybridized carbons (Fsp3) is 0.136. The summed E-state index contributed by atoms with van der Waals surface area (Å²) in [6.45, 7) is 0.790. The fourth-order valence-electron chi connectivity index (χ4n) is 2.81. The lowest BCUT2D eigenvalue weighted by atomic mass is 10.2. The SMILES string of the molecule is O=C(CNc1ccccc1Oc1ccccc1)NCc1ccc2c(c1)OCO2. The monoisotopic (exact) mass is 376 g/mol. The Morgan fingerprint density at radius 1 is 0.929 bits per heavy atom. The molecule has 0 saturated carbocycles. The van der Waals surface area contributed by atoms with Crippen LogP contribution in [0.2, 0.25) is 0 Å². The van der Waals surface area contributed by atoms with Crippen LogP contribution in [-0.4, -0.2) is 19.2 Å². The van der Waals surface area contributed by atoms with Crippen LogP contribution in [0.3, 0.4) is 0 Å². The van der Waals surface area contributed by atoms with Crippen molar-refractivity contribution in [3.05, 3.63) is 78.4 Å². The van der Waals surface area contributed by atoms with E-state index in [-0.39, 0.29) is 19.2 Å². The third-order valence-electron chi connectivity index (χ3n) is 4.22. The Kier molecular flexibility index (Phi) is 5.29. The predicted molar refractivity (Wildman–Crippen MR) is 106 cm³/mol. The predicted octanol–water partition coefficient (Wildman–Crippen LogP) is 3.94. The smallest absolute Gasteiger partial charge is 0.239 e. The molecule has 142 valence electrons. The lowest BCUT2D eigenvalue weighted by Gasteiger charge is -2.13. The number of carbonyl (C=O) groups is 1. The summed E-state index contributed by atoms with van der Waals surface area (Å²) < 4.78 is 16.5. The molecule has 0 atom stereocenters. The van der Waals surface area contributed by atoms with Crippen molar-refractivity contribution >= 4 is 11.6 Å². The van der Waals surface area contributed by atoms with Gasteiger partial charge in [0.1, 0.15) is 5.75 Å². The van der Waals surface area contributed by atoms with Crippen molar-refractivity contribution in [2.45, 2.75) is 6.54 Å². The second-order valence-electron chi connectivity index (χ2n) is 6.23. The molecule has 0 unspecified atom stereocenters. The maximum Gasteiger partial charge on any atom is 0.239 e. The zero-order valence-electron chi connectivity index (χ0n) is 15.2. The zero-order chi connectivity index (χ0) is 19.2. The van der Waals surface area contributed by atoms with Gasteiger partial charge >= 0.3 is 0 Å². The molecule has 0 saturated heterocycles. The summed E-state index contributed by atoms with van der Waals surface area (Å²) in [5.74, 6) is 2.72. The summed E-state index contributed by atoms with van der Waals surface area (Å²) in [7, 11) is 0. The van der Waals surface area contributed by atoms with Crippen molar-refractivity contribution in [3.8, 4) is 23.0 Å². The number of hydrogen-bond donors (Lipinski definition) is 2. The molecule has 3 aromatic carbocycles. The van der Waals surface area contributed by atoms with Gasteiger partial charge in [0.15, 0.2) is 17.2 Å². The van der Waals surface area contributed by atoms with Crippen LogP contribution in [-0.2, 0) is 11.3 Å². The van der Waals surface area contributed by atoms with Crippen LogP contribution in [0.1, 0.15) is 5.56 Å². The number of nitrogens with one attached hydrogen (secondary N) is 2. The number of carbonyl (C=O) groups excluding carboxylic acids is 1. The van der Waals surface area contributed by atoms with Crippen LogP contribution >= 0.6 is 0 Å². The van der Waals surface area contributed by atoms with Crippen LogP contribution < -0.4 is 24.8 Å². The number of para-hydroxylation sites is 3. The number of rotatable bonds is 7. The number of ether oxygens (including phenoxy) is 3. The highest BCUT2D eigenvalue weighted by Gasteiger charge is 2.13. The van der Waals surface area contributed by atoms with E-state index >= 15 is 0 Å². The first-order valence-electron chi connectivity index (χ1n) is 8.99. The van der Waals surface area contributed by atoms with Gasteiger partial charge in [-0.1, -0.05) is 36.4 Å². The number of benzene rings is 3. The van der Waals surface area contributed by atoms with E-state index in [1.54, 1.807) is 0 Å². The Morgan fingerprint density at radius 3 is 2.61 bits per heavy atom. The van der Waals surface area contributed by atoms with Crippen molar-refractivity contribution in [2.75, 3.05) is 18.7 Å². The largest absolute Gasteiger partial charge is 0.455 e.